The Kier molecular flexibility index (Phi) is 9.68. The average molecular weight is 801 g/mol. The van der Waals surface area contributed by atoms with Crippen LogP contribution in [0.5, 0.6) is 0 Å². The van der Waals surface area contributed by atoms with E-state index in [-0.39, 0.29) is 5.41 Å². The fourth-order valence-corrected chi connectivity index (χ4v) is 9.21. The second kappa shape index (κ2) is 15.4. The first-order valence-electron chi connectivity index (χ1n) is 21.8. The molecule has 10 aromatic carbocycles. The molecule has 0 N–H and O–H groups in total. The predicted molar refractivity (Wildman–Crippen MR) is 268 cm³/mol. The van der Waals surface area contributed by atoms with Crippen molar-refractivity contribution < 1.29 is 0 Å². The smallest absolute Gasteiger partial charge is 0.0561 e. The molecule has 62 heavy (non-hydrogen) atoms. The third-order valence-electron chi connectivity index (χ3n) is 12.7. The number of anilines is 6. The van der Waals surface area contributed by atoms with Gasteiger partial charge in [-0.1, -0.05) is 177 Å². The van der Waals surface area contributed by atoms with Gasteiger partial charge in [0.15, 0.2) is 0 Å². The van der Waals surface area contributed by atoms with Crippen molar-refractivity contribution >= 4 is 66.4 Å². The number of nitrogens with zero attached hydrogens (tertiary/aromatic N) is 2. The normalized spacial score (nSPS) is 11.8. The van der Waals surface area contributed by atoms with E-state index >= 15 is 0 Å². The molecule has 0 bridgehead atoms. The highest BCUT2D eigenvalue weighted by molar-refractivity contribution is 6.29. The fraction of sp³-hybridized carbons (Fsp3) is 0.133. The van der Waals surface area contributed by atoms with Gasteiger partial charge in [0.1, 0.15) is 0 Å². The van der Waals surface area contributed by atoms with Gasteiger partial charge < -0.3 is 9.80 Å². The summed E-state index contributed by atoms with van der Waals surface area (Å²) in [6.45, 7) is 15.8. The second-order valence-electron chi connectivity index (χ2n) is 18.1. The maximum atomic E-state index is 2.51. The van der Waals surface area contributed by atoms with Crippen LogP contribution in [0.4, 0.5) is 34.1 Å². The van der Waals surface area contributed by atoms with Gasteiger partial charge in [0.2, 0.25) is 0 Å². The van der Waals surface area contributed by atoms with Gasteiger partial charge >= 0.3 is 0 Å². The Morgan fingerprint density at radius 3 is 1.16 bits per heavy atom. The van der Waals surface area contributed by atoms with Gasteiger partial charge in [0, 0.05) is 38.9 Å². The van der Waals surface area contributed by atoms with Crippen molar-refractivity contribution in [3.8, 4) is 22.3 Å². The largest absolute Gasteiger partial charge is 0.310 e. The average Bonchev–Trinajstić information content (AvgIpc) is 3.28. The Balaban J connectivity index is 1.35. The van der Waals surface area contributed by atoms with Crippen LogP contribution in [0.25, 0.3) is 54.6 Å². The highest BCUT2D eigenvalue weighted by Crippen LogP contribution is 2.52. The maximum Gasteiger partial charge on any atom is 0.0561 e. The van der Waals surface area contributed by atoms with Gasteiger partial charge in [-0.25, -0.2) is 0 Å². The second-order valence-corrected chi connectivity index (χ2v) is 18.1. The van der Waals surface area contributed by atoms with Gasteiger partial charge in [0.25, 0.3) is 0 Å². The lowest BCUT2D eigenvalue weighted by atomic mass is 9.83. The summed E-state index contributed by atoms with van der Waals surface area (Å²) in [6, 6.07) is 70.2. The van der Waals surface area contributed by atoms with Crippen molar-refractivity contribution in [1.82, 2.24) is 0 Å². The molecule has 10 aromatic rings. The van der Waals surface area contributed by atoms with Crippen LogP contribution in [0.3, 0.4) is 0 Å². The molecule has 0 aliphatic rings. The molecule has 0 fully saturated rings. The van der Waals surface area contributed by atoms with Crippen LogP contribution in [0.1, 0.15) is 48.6 Å². The van der Waals surface area contributed by atoms with Crippen LogP contribution >= 0.6 is 0 Å². The molecule has 302 valence electrons. The third kappa shape index (κ3) is 6.96. The van der Waals surface area contributed by atoms with Crippen LogP contribution in [-0.2, 0) is 5.41 Å². The van der Waals surface area contributed by atoms with Crippen LogP contribution in [-0.4, -0.2) is 0 Å². The zero-order valence-electron chi connectivity index (χ0n) is 36.8. The number of aryl methyl sites for hydroxylation is 4. The van der Waals surface area contributed by atoms with Crippen molar-refractivity contribution in [1.29, 1.82) is 0 Å². The topological polar surface area (TPSA) is 6.48 Å². The number of hydrogen-bond donors (Lipinski definition) is 0. The summed E-state index contributed by atoms with van der Waals surface area (Å²) in [5.74, 6) is 0. The zero-order chi connectivity index (χ0) is 42.7. The molecule has 10 rings (SSSR count). The summed E-state index contributed by atoms with van der Waals surface area (Å²) >= 11 is 0. The molecule has 0 aliphatic carbocycles. The molecule has 0 saturated heterocycles. The van der Waals surface area contributed by atoms with Crippen LogP contribution in [0.15, 0.2) is 188 Å². The number of hydrogen-bond acceptors (Lipinski definition) is 2. The molecule has 0 aliphatic heterocycles. The molecule has 0 unspecified atom stereocenters. The van der Waals surface area contributed by atoms with Gasteiger partial charge in [0.05, 0.1) is 11.4 Å². The minimum Gasteiger partial charge on any atom is -0.310 e. The van der Waals surface area contributed by atoms with Crippen molar-refractivity contribution in [2.75, 3.05) is 9.80 Å². The van der Waals surface area contributed by atoms with Crippen molar-refractivity contribution in [2.24, 2.45) is 0 Å². The summed E-state index contributed by atoms with van der Waals surface area (Å²) in [6.07, 6.45) is 0. The zero-order valence-corrected chi connectivity index (χ0v) is 36.8. The Labute approximate surface area is 366 Å². The molecule has 0 saturated carbocycles. The molecule has 0 spiro atoms. The molecular weight excluding hydrogens is 749 g/mol. The van der Waals surface area contributed by atoms with Crippen LogP contribution in [0.2, 0.25) is 0 Å². The summed E-state index contributed by atoms with van der Waals surface area (Å²) in [7, 11) is 0. The molecule has 0 heterocycles. The van der Waals surface area contributed by atoms with Crippen molar-refractivity contribution in [3.63, 3.8) is 0 Å². The minimum absolute atomic E-state index is 0.00778. The summed E-state index contributed by atoms with van der Waals surface area (Å²) in [5.41, 5.74) is 17.8. The van der Waals surface area contributed by atoms with Gasteiger partial charge in [-0.15, -0.1) is 0 Å². The van der Waals surface area contributed by atoms with E-state index in [2.05, 4.69) is 246 Å². The van der Waals surface area contributed by atoms with E-state index in [1.165, 1.54) is 82.4 Å². The maximum absolute atomic E-state index is 2.51. The Morgan fingerprint density at radius 1 is 0.339 bits per heavy atom. The highest BCUT2D eigenvalue weighted by Gasteiger charge is 2.27. The van der Waals surface area contributed by atoms with E-state index in [9.17, 15) is 0 Å². The van der Waals surface area contributed by atoms with Gasteiger partial charge in [-0.05, 0) is 131 Å². The van der Waals surface area contributed by atoms with E-state index in [1.807, 2.05) is 0 Å². The highest BCUT2D eigenvalue weighted by atomic mass is 15.2. The Bertz CT molecular complexity index is 3020. The van der Waals surface area contributed by atoms with Crippen LogP contribution in [0, 0.1) is 27.7 Å². The molecule has 0 atom stereocenters. The third-order valence-corrected chi connectivity index (χ3v) is 12.7. The van der Waals surface area contributed by atoms with E-state index in [1.54, 1.807) is 0 Å². The predicted octanol–water partition coefficient (Wildman–Crippen LogP) is 17.4. The minimum atomic E-state index is 0.00778. The number of rotatable bonds is 8. The summed E-state index contributed by atoms with van der Waals surface area (Å²) in [4.78, 5) is 5.02. The van der Waals surface area contributed by atoms with Gasteiger partial charge in [-0.3, -0.25) is 0 Å². The molecule has 0 amide bonds. The van der Waals surface area contributed by atoms with Crippen molar-refractivity contribution in [3.05, 3.63) is 216 Å². The fourth-order valence-electron chi connectivity index (χ4n) is 9.21. The first kappa shape index (κ1) is 39.0. The Hall–Kier alpha value is -7.16. The number of benzene rings is 10. The summed E-state index contributed by atoms with van der Waals surface area (Å²) < 4.78 is 0. The lowest BCUT2D eigenvalue weighted by Gasteiger charge is -2.34. The lowest BCUT2D eigenvalue weighted by Crippen LogP contribution is -2.16. The van der Waals surface area contributed by atoms with Crippen molar-refractivity contribution in [2.45, 2.75) is 53.9 Å². The molecule has 2 nitrogen and oxygen atoms in total. The summed E-state index contributed by atoms with van der Waals surface area (Å²) in [5, 5.41) is 7.54. The van der Waals surface area contributed by atoms with Crippen LogP contribution < -0.4 is 9.80 Å². The molecule has 0 radical (unpaired) electrons. The first-order valence-corrected chi connectivity index (χ1v) is 21.8. The van der Waals surface area contributed by atoms with E-state index < -0.39 is 0 Å². The first-order chi connectivity index (χ1) is 30.0. The van der Waals surface area contributed by atoms with E-state index in [0.29, 0.717) is 0 Å². The van der Waals surface area contributed by atoms with E-state index in [0.717, 1.165) is 34.1 Å². The monoisotopic (exact) mass is 800 g/mol. The molecule has 0 aromatic heterocycles. The van der Waals surface area contributed by atoms with E-state index in [4.69, 9.17) is 0 Å². The standard InChI is InChI=1S/C60H52N2/c1-39-18-28-50(29-19-39)61(54-36-45(24-22-41(54)3)43-14-10-8-11-15-43)56-38-57(53-33-27-48-35-49(60(5,6)7)34-47-26-32-52(56)59(53)58(47)48)62(51-30-20-40(2)21-31-51)55-37-46(25-23-42(55)4)44-16-12-9-13-17-44/h8-38H,1-7H3. The quantitative estimate of drug-likeness (QED) is 0.141. The molecular formula is C60H52N2. The SMILES string of the molecule is Cc1ccc(N(c2cc(-c3ccccc3)ccc2C)c2cc(N(c3ccc(C)cc3)c3cc(-c4ccccc4)ccc3C)c3ccc4cc(C(C)(C)C)cc5ccc2c3c54)cc1. The molecule has 2 heteroatoms. The van der Waals surface area contributed by atoms with Gasteiger partial charge in [-0.2, -0.15) is 0 Å². The lowest BCUT2D eigenvalue weighted by molar-refractivity contribution is 0.591. The Morgan fingerprint density at radius 2 is 0.758 bits per heavy atom.